The maximum absolute atomic E-state index is 12.2. The Morgan fingerprint density at radius 2 is 2.08 bits per heavy atom. The van der Waals surface area contributed by atoms with Crippen molar-refractivity contribution in [3.05, 3.63) is 17.1 Å². The summed E-state index contributed by atoms with van der Waals surface area (Å²) in [5, 5.41) is 2.86. The second-order valence-corrected chi connectivity index (χ2v) is 6.76. The van der Waals surface area contributed by atoms with Gasteiger partial charge in [0.15, 0.2) is 0 Å². The van der Waals surface area contributed by atoms with Gasteiger partial charge < -0.3 is 15.0 Å². The molecular weight excluding hydrogens is 310 g/mol. The molecule has 1 aromatic heterocycles. The zero-order valence-corrected chi connectivity index (χ0v) is 13.9. The van der Waals surface area contributed by atoms with Crippen LogP contribution in [0.2, 0.25) is 0 Å². The Bertz CT molecular complexity index is 705. The number of rotatable bonds is 2. The van der Waals surface area contributed by atoms with Crippen LogP contribution in [0.25, 0.3) is 0 Å². The monoisotopic (exact) mass is 331 g/mol. The summed E-state index contributed by atoms with van der Waals surface area (Å²) in [4.78, 5) is 37.1. The summed E-state index contributed by atoms with van der Waals surface area (Å²) in [6, 6.07) is 0.0526. The molecule has 128 valence electrons. The lowest BCUT2D eigenvalue weighted by molar-refractivity contribution is 0.0939. The standard InChI is InChI=1S/C16H21N5O3/c1-9(2)13-18-12-11(3-4-17-15(12)22)14(19-13)20-5-6-21-10(7-20)8-24-16(21)23/h9-10H,3-8H2,1-2H3,(H,17,22). The largest absolute Gasteiger partial charge is 0.447 e. The lowest BCUT2D eigenvalue weighted by atomic mass is 10.0. The molecule has 1 atom stereocenters. The molecule has 0 radical (unpaired) electrons. The van der Waals surface area contributed by atoms with Gasteiger partial charge in [-0.1, -0.05) is 13.8 Å². The fourth-order valence-corrected chi connectivity index (χ4v) is 3.49. The van der Waals surface area contributed by atoms with Crippen LogP contribution in [-0.2, 0) is 11.2 Å². The van der Waals surface area contributed by atoms with Crippen LogP contribution in [0.1, 0.15) is 41.6 Å². The van der Waals surface area contributed by atoms with Crippen LogP contribution >= 0.6 is 0 Å². The van der Waals surface area contributed by atoms with Gasteiger partial charge in [-0.05, 0) is 6.42 Å². The molecule has 4 heterocycles. The van der Waals surface area contributed by atoms with E-state index < -0.39 is 0 Å². The maximum Gasteiger partial charge on any atom is 0.410 e. The third-order valence-electron chi connectivity index (χ3n) is 4.81. The lowest BCUT2D eigenvalue weighted by Gasteiger charge is -2.37. The molecule has 3 aliphatic heterocycles. The van der Waals surface area contributed by atoms with Gasteiger partial charge in [0.1, 0.15) is 23.9 Å². The molecule has 0 spiro atoms. The number of carbonyl (C=O) groups is 2. The van der Waals surface area contributed by atoms with Crippen molar-refractivity contribution in [2.45, 2.75) is 32.2 Å². The highest BCUT2D eigenvalue weighted by molar-refractivity contribution is 5.96. The highest BCUT2D eigenvalue weighted by Crippen LogP contribution is 2.29. The van der Waals surface area contributed by atoms with Crippen LogP contribution < -0.4 is 10.2 Å². The highest BCUT2D eigenvalue weighted by atomic mass is 16.6. The third-order valence-corrected chi connectivity index (χ3v) is 4.81. The Kier molecular flexibility index (Phi) is 3.54. The highest BCUT2D eigenvalue weighted by Gasteiger charge is 2.39. The Morgan fingerprint density at radius 3 is 2.88 bits per heavy atom. The number of carbonyl (C=O) groups excluding carboxylic acids is 2. The van der Waals surface area contributed by atoms with E-state index in [4.69, 9.17) is 9.72 Å². The molecule has 1 aromatic rings. The summed E-state index contributed by atoms with van der Waals surface area (Å²) in [6.45, 7) is 7.05. The molecule has 1 unspecified atom stereocenters. The van der Waals surface area contributed by atoms with E-state index >= 15 is 0 Å². The van der Waals surface area contributed by atoms with Crippen LogP contribution in [0.3, 0.4) is 0 Å². The number of anilines is 1. The van der Waals surface area contributed by atoms with E-state index in [1.807, 2.05) is 13.8 Å². The van der Waals surface area contributed by atoms with Gasteiger partial charge in [-0.2, -0.15) is 0 Å². The first-order chi connectivity index (χ1) is 11.5. The predicted molar refractivity (Wildman–Crippen MR) is 86.2 cm³/mol. The molecule has 2 amide bonds. The normalized spacial score (nSPS) is 23.0. The zero-order chi connectivity index (χ0) is 16.8. The molecule has 2 fully saturated rings. The van der Waals surface area contributed by atoms with Crippen LogP contribution in [0.5, 0.6) is 0 Å². The maximum atomic E-state index is 12.2. The van der Waals surface area contributed by atoms with E-state index in [0.717, 1.165) is 17.8 Å². The number of aromatic nitrogens is 2. The lowest BCUT2D eigenvalue weighted by Crippen LogP contribution is -2.53. The SMILES string of the molecule is CC(C)c1nc2c(c(N3CCN4C(=O)OCC4C3)n1)CCNC2=O. The summed E-state index contributed by atoms with van der Waals surface area (Å²) in [7, 11) is 0. The third kappa shape index (κ3) is 2.37. The van der Waals surface area contributed by atoms with Crippen molar-refractivity contribution in [2.24, 2.45) is 0 Å². The second-order valence-electron chi connectivity index (χ2n) is 6.76. The minimum absolute atomic E-state index is 0.0526. The number of hydrogen-bond acceptors (Lipinski definition) is 6. The van der Waals surface area contributed by atoms with Crippen LogP contribution in [-0.4, -0.2) is 65.7 Å². The van der Waals surface area contributed by atoms with Crippen molar-refractivity contribution in [3.63, 3.8) is 0 Å². The Morgan fingerprint density at radius 1 is 1.25 bits per heavy atom. The van der Waals surface area contributed by atoms with Gasteiger partial charge >= 0.3 is 6.09 Å². The van der Waals surface area contributed by atoms with E-state index in [9.17, 15) is 9.59 Å². The topological polar surface area (TPSA) is 87.7 Å². The second kappa shape index (κ2) is 5.61. The first kappa shape index (κ1) is 15.2. The Hall–Kier alpha value is -2.38. The van der Waals surface area contributed by atoms with Crippen molar-refractivity contribution in [2.75, 3.05) is 37.7 Å². The molecule has 0 bridgehead atoms. The van der Waals surface area contributed by atoms with Crippen LogP contribution in [0.15, 0.2) is 0 Å². The van der Waals surface area contributed by atoms with Crippen LogP contribution in [0, 0.1) is 0 Å². The molecule has 3 aliphatic rings. The number of ether oxygens (including phenoxy) is 1. The summed E-state index contributed by atoms with van der Waals surface area (Å²) >= 11 is 0. The molecular formula is C16H21N5O3. The first-order valence-electron chi connectivity index (χ1n) is 8.42. The summed E-state index contributed by atoms with van der Waals surface area (Å²) in [5.74, 6) is 1.54. The van der Waals surface area contributed by atoms with Gasteiger partial charge in [-0.3, -0.25) is 9.69 Å². The van der Waals surface area contributed by atoms with Crippen LogP contribution in [0.4, 0.5) is 10.6 Å². The van der Waals surface area contributed by atoms with Gasteiger partial charge in [-0.15, -0.1) is 0 Å². The van der Waals surface area contributed by atoms with Crippen molar-refractivity contribution in [3.8, 4) is 0 Å². The minimum Gasteiger partial charge on any atom is -0.447 e. The molecule has 0 aliphatic carbocycles. The zero-order valence-electron chi connectivity index (χ0n) is 13.9. The van der Waals surface area contributed by atoms with E-state index in [-0.39, 0.29) is 24.0 Å². The van der Waals surface area contributed by atoms with E-state index in [1.165, 1.54) is 0 Å². The van der Waals surface area contributed by atoms with Gasteiger partial charge in [0, 0.05) is 37.7 Å². The summed E-state index contributed by atoms with van der Waals surface area (Å²) in [6.07, 6.45) is 0.501. The number of piperazine rings is 1. The predicted octanol–water partition coefficient (Wildman–Crippen LogP) is 0.527. The fraction of sp³-hybridized carbons (Fsp3) is 0.625. The Labute approximate surface area is 140 Å². The molecule has 8 heteroatoms. The molecule has 2 saturated heterocycles. The van der Waals surface area contributed by atoms with Crippen molar-refractivity contribution >= 4 is 17.8 Å². The summed E-state index contributed by atoms with van der Waals surface area (Å²) in [5.41, 5.74) is 1.41. The first-order valence-corrected chi connectivity index (χ1v) is 8.42. The quantitative estimate of drug-likeness (QED) is 0.850. The number of fused-ring (bicyclic) bond motifs is 2. The number of amides is 2. The molecule has 4 rings (SSSR count). The van der Waals surface area contributed by atoms with Crippen molar-refractivity contribution < 1.29 is 14.3 Å². The molecule has 0 aromatic carbocycles. The number of cyclic esters (lactones) is 1. The van der Waals surface area contributed by atoms with E-state index in [0.29, 0.717) is 44.3 Å². The number of hydrogen-bond donors (Lipinski definition) is 1. The Balaban J connectivity index is 1.72. The van der Waals surface area contributed by atoms with Gasteiger partial charge in [0.05, 0.1) is 6.04 Å². The molecule has 0 saturated carbocycles. The average Bonchev–Trinajstić information content (AvgIpc) is 2.95. The minimum atomic E-state index is -0.230. The van der Waals surface area contributed by atoms with E-state index in [2.05, 4.69) is 15.2 Å². The smallest absolute Gasteiger partial charge is 0.410 e. The van der Waals surface area contributed by atoms with Gasteiger partial charge in [-0.25, -0.2) is 14.8 Å². The average molecular weight is 331 g/mol. The molecule has 8 nitrogen and oxygen atoms in total. The molecule has 1 N–H and O–H groups in total. The summed E-state index contributed by atoms with van der Waals surface area (Å²) < 4.78 is 5.14. The van der Waals surface area contributed by atoms with Crippen molar-refractivity contribution in [1.82, 2.24) is 20.2 Å². The molecule has 24 heavy (non-hydrogen) atoms. The number of nitrogens with zero attached hydrogens (tertiary/aromatic N) is 4. The fourth-order valence-electron chi connectivity index (χ4n) is 3.49. The van der Waals surface area contributed by atoms with E-state index in [1.54, 1.807) is 4.90 Å². The van der Waals surface area contributed by atoms with Crippen molar-refractivity contribution in [1.29, 1.82) is 0 Å². The van der Waals surface area contributed by atoms with Gasteiger partial charge in [0.2, 0.25) is 0 Å². The number of nitrogens with one attached hydrogen (secondary N) is 1. The van der Waals surface area contributed by atoms with Gasteiger partial charge in [0.25, 0.3) is 5.91 Å².